The van der Waals surface area contributed by atoms with E-state index in [4.69, 9.17) is 16.3 Å². The fourth-order valence-electron chi connectivity index (χ4n) is 2.61. The Morgan fingerprint density at radius 1 is 1.31 bits per heavy atom. The van der Waals surface area contributed by atoms with Gasteiger partial charge < -0.3 is 10.1 Å². The van der Waals surface area contributed by atoms with E-state index < -0.39 is 24.7 Å². The minimum atomic E-state index is -4.54. The summed E-state index contributed by atoms with van der Waals surface area (Å²) in [6, 6.07) is 9.76. The van der Waals surface area contributed by atoms with E-state index in [1.807, 2.05) is 19.1 Å². The van der Waals surface area contributed by atoms with Gasteiger partial charge in [0.05, 0.1) is 10.7 Å². The number of halogens is 5. The highest BCUT2D eigenvalue weighted by atomic mass is 79.9. The molecule has 2 N–H and O–H groups in total. The maximum atomic E-state index is 13.2. The van der Waals surface area contributed by atoms with E-state index in [2.05, 4.69) is 26.7 Å². The number of carbonyl (C=O) groups excluding carboxylic acids is 1. The Labute approximate surface area is 178 Å². The number of hydrogen-bond acceptors (Lipinski definition) is 4. The van der Waals surface area contributed by atoms with Gasteiger partial charge in [-0.15, -0.1) is 0 Å². The molecule has 0 saturated heterocycles. The predicted molar refractivity (Wildman–Crippen MR) is 108 cm³/mol. The van der Waals surface area contributed by atoms with E-state index in [0.29, 0.717) is 5.69 Å². The Kier molecular flexibility index (Phi) is 6.40. The van der Waals surface area contributed by atoms with Gasteiger partial charge in [0.15, 0.2) is 6.61 Å². The minimum absolute atomic E-state index is 0.165. The zero-order valence-electron chi connectivity index (χ0n) is 15.1. The molecule has 1 heterocycles. The van der Waals surface area contributed by atoms with Gasteiger partial charge >= 0.3 is 6.18 Å². The van der Waals surface area contributed by atoms with Crippen LogP contribution in [0.5, 0.6) is 0 Å². The number of nitrogens with zero attached hydrogens (tertiary/aromatic N) is 1. The number of nitrogens with one attached hydrogen (secondary N) is 2. The molecule has 0 fully saturated rings. The standard InChI is InChI=1S/C19H16BrClF3N3O2/c1-11-6-7-12(20)8-14(11)25-17(28)10-29-18-9-16(19(22,23)24)26-27(18)15-5-3-2-4-13(15)21/h2-9,16,26H,10H2,1H3,(H,25,28). The molecule has 1 atom stereocenters. The lowest BCUT2D eigenvalue weighted by Gasteiger charge is -2.25. The second-order valence-corrected chi connectivity index (χ2v) is 7.56. The van der Waals surface area contributed by atoms with E-state index in [1.54, 1.807) is 24.3 Å². The quantitative estimate of drug-likeness (QED) is 0.608. The van der Waals surface area contributed by atoms with Crippen molar-refractivity contribution in [1.29, 1.82) is 0 Å². The van der Waals surface area contributed by atoms with Crippen molar-refractivity contribution in [3.05, 3.63) is 69.5 Å². The summed E-state index contributed by atoms with van der Waals surface area (Å²) in [6.07, 6.45) is -3.68. The molecule has 0 aromatic heterocycles. The number of aryl methyl sites for hydroxylation is 1. The summed E-state index contributed by atoms with van der Waals surface area (Å²) in [5, 5.41) is 3.98. The number of ether oxygens (including phenoxy) is 1. The normalized spacial score (nSPS) is 16.6. The van der Waals surface area contributed by atoms with E-state index >= 15 is 0 Å². The van der Waals surface area contributed by atoms with E-state index in [1.165, 1.54) is 6.07 Å². The van der Waals surface area contributed by atoms with Gasteiger partial charge in [0.2, 0.25) is 5.88 Å². The lowest BCUT2D eigenvalue weighted by molar-refractivity contribution is -0.142. The molecule has 5 nitrogen and oxygen atoms in total. The van der Waals surface area contributed by atoms with Gasteiger partial charge in [0, 0.05) is 16.2 Å². The topological polar surface area (TPSA) is 53.6 Å². The third kappa shape index (κ3) is 5.23. The van der Waals surface area contributed by atoms with Gasteiger partial charge in [-0.2, -0.15) is 13.2 Å². The molecule has 0 aliphatic carbocycles. The largest absolute Gasteiger partial charge is 0.468 e. The number of benzene rings is 2. The lowest BCUT2D eigenvalue weighted by Crippen LogP contribution is -2.45. The van der Waals surface area contributed by atoms with Gasteiger partial charge in [-0.1, -0.05) is 45.7 Å². The van der Waals surface area contributed by atoms with Crippen LogP contribution in [0.3, 0.4) is 0 Å². The number of anilines is 2. The van der Waals surface area contributed by atoms with E-state index in [0.717, 1.165) is 21.1 Å². The van der Waals surface area contributed by atoms with Crippen molar-refractivity contribution < 1.29 is 22.7 Å². The molecule has 1 aliphatic heterocycles. The lowest BCUT2D eigenvalue weighted by atomic mass is 10.2. The second-order valence-electron chi connectivity index (χ2n) is 6.24. The van der Waals surface area contributed by atoms with Crippen LogP contribution in [-0.4, -0.2) is 24.7 Å². The summed E-state index contributed by atoms with van der Waals surface area (Å²) in [7, 11) is 0. The van der Waals surface area contributed by atoms with Gasteiger partial charge in [-0.05, 0) is 36.8 Å². The summed E-state index contributed by atoms with van der Waals surface area (Å²) in [4.78, 5) is 12.3. The van der Waals surface area contributed by atoms with Gasteiger partial charge in [0.1, 0.15) is 6.04 Å². The van der Waals surface area contributed by atoms with Crippen LogP contribution in [0.1, 0.15) is 5.56 Å². The first-order chi connectivity index (χ1) is 13.6. The number of para-hydroxylation sites is 1. The van der Waals surface area contributed by atoms with Gasteiger partial charge in [-0.3, -0.25) is 4.79 Å². The van der Waals surface area contributed by atoms with Crippen molar-refractivity contribution in [3.8, 4) is 0 Å². The van der Waals surface area contributed by atoms with Crippen molar-refractivity contribution in [1.82, 2.24) is 5.43 Å². The van der Waals surface area contributed by atoms with Gasteiger partial charge in [0.25, 0.3) is 5.91 Å². The summed E-state index contributed by atoms with van der Waals surface area (Å²) < 4.78 is 45.7. The van der Waals surface area contributed by atoms with Crippen molar-refractivity contribution >= 4 is 44.8 Å². The van der Waals surface area contributed by atoms with Crippen LogP contribution >= 0.6 is 27.5 Å². The predicted octanol–water partition coefficient (Wildman–Crippen LogP) is 5.16. The number of hydrazine groups is 1. The third-order valence-corrected chi connectivity index (χ3v) is 4.88. The molecule has 154 valence electrons. The molecule has 3 rings (SSSR count). The highest BCUT2D eigenvalue weighted by molar-refractivity contribution is 9.10. The number of carbonyl (C=O) groups is 1. The first kappa shape index (κ1) is 21.5. The SMILES string of the molecule is Cc1ccc(Br)cc1NC(=O)COC1=CC(C(F)(F)F)NN1c1ccccc1Cl. The molecular formula is C19H16BrClF3N3O2. The molecule has 0 bridgehead atoms. The zero-order valence-corrected chi connectivity index (χ0v) is 17.4. The van der Waals surface area contributed by atoms with Crippen LogP contribution in [0.25, 0.3) is 0 Å². The fraction of sp³-hybridized carbons (Fsp3) is 0.211. The molecule has 0 saturated carbocycles. The summed E-state index contributed by atoms with van der Waals surface area (Å²) >= 11 is 9.42. The molecule has 10 heteroatoms. The maximum Gasteiger partial charge on any atom is 0.409 e. The molecule has 0 radical (unpaired) electrons. The number of amides is 1. The Balaban J connectivity index is 1.74. The summed E-state index contributed by atoms with van der Waals surface area (Å²) in [6.45, 7) is 1.34. The molecular weight excluding hydrogens is 475 g/mol. The monoisotopic (exact) mass is 489 g/mol. The number of alkyl halides is 3. The Hall–Kier alpha value is -2.23. The minimum Gasteiger partial charge on any atom is -0.468 e. The van der Waals surface area contributed by atoms with Crippen LogP contribution in [-0.2, 0) is 9.53 Å². The van der Waals surface area contributed by atoms with Crippen LogP contribution in [0.2, 0.25) is 5.02 Å². The average Bonchev–Trinajstić information content (AvgIpc) is 3.08. The second kappa shape index (κ2) is 8.64. The van der Waals surface area contributed by atoms with Crippen molar-refractivity contribution in [2.24, 2.45) is 0 Å². The van der Waals surface area contributed by atoms with Crippen molar-refractivity contribution in [2.45, 2.75) is 19.1 Å². The van der Waals surface area contributed by atoms with E-state index in [9.17, 15) is 18.0 Å². The molecule has 1 unspecified atom stereocenters. The number of rotatable bonds is 5. The highest BCUT2D eigenvalue weighted by Crippen LogP contribution is 2.34. The Bertz CT molecular complexity index is 953. The molecule has 1 aliphatic rings. The average molecular weight is 491 g/mol. The highest BCUT2D eigenvalue weighted by Gasteiger charge is 2.44. The molecule has 1 amide bonds. The summed E-state index contributed by atoms with van der Waals surface area (Å²) in [5.41, 5.74) is 3.97. The van der Waals surface area contributed by atoms with Crippen LogP contribution in [0.4, 0.5) is 24.5 Å². The molecule has 2 aromatic carbocycles. The maximum absolute atomic E-state index is 13.2. The first-order valence-corrected chi connectivity index (χ1v) is 9.60. The molecule has 29 heavy (non-hydrogen) atoms. The smallest absolute Gasteiger partial charge is 0.409 e. The fourth-order valence-corrected chi connectivity index (χ4v) is 3.19. The zero-order chi connectivity index (χ0) is 21.2. The Morgan fingerprint density at radius 3 is 2.72 bits per heavy atom. The van der Waals surface area contributed by atoms with E-state index in [-0.39, 0.29) is 16.6 Å². The summed E-state index contributed by atoms with van der Waals surface area (Å²) in [5.74, 6) is -0.678. The third-order valence-electron chi connectivity index (χ3n) is 4.07. The molecule has 2 aromatic rings. The molecule has 0 spiro atoms. The first-order valence-electron chi connectivity index (χ1n) is 8.43. The van der Waals surface area contributed by atoms with Crippen LogP contribution in [0.15, 0.2) is 58.9 Å². The van der Waals surface area contributed by atoms with Crippen LogP contribution < -0.4 is 15.8 Å². The number of hydrogen-bond donors (Lipinski definition) is 2. The van der Waals surface area contributed by atoms with Crippen LogP contribution in [0, 0.1) is 6.92 Å². The Morgan fingerprint density at radius 2 is 2.03 bits per heavy atom. The van der Waals surface area contributed by atoms with Crippen molar-refractivity contribution in [3.63, 3.8) is 0 Å². The van der Waals surface area contributed by atoms with Gasteiger partial charge in [-0.25, -0.2) is 10.4 Å². The van der Waals surface area contributed by atoms with Crippen molar-refractivity contribution in [2.75, 3.05) is 16.9 Å².